The highest BCUT2D eigenvalue weighted by Gasteiger charge is 2.32. The van der Waals surface area contributed by atoms with Gasteiger partial charge in [0.05, 0.1) is 18.5 Å². The first-order chi connectivity index (χ1) is 14.2. The second-order valence-corrected chi connectivity index (χ2v) is 9.84. The van der Waals surface area contributed by atoms with Gasteiger partial charge in [-0.05, 0) is 80.6 Å². The van der Waals surface area contributed by atoms with Crippen molar-refractivity contribution in [2.45, 2.75) is 43.5 Å². The number of benzene rings is 2. The number of nitrogens with zero attached hydrogens (tertiary/aromatic N) is 2. The molecule has 5 heteroatoms. The molecule has 0 bridgehead atoms. The smallest absolute Gasteiger partial charge is 0.174 e. The van der Waals surface area contributed by atoms with Crippen molar-refractivity contribution in [2.24, 2.45) is 5.92 Å². The van der Waals surface area contributed by atoms with E-state index in [2.05, 4.69) is 22.2 Å². The van der Waals surface area contributed by atoms with Crippen molar-refractivity contribution in [1.29, 1.82) is 0 Å². The summed E-state index contributed by atoms with van der Waals surface area (Å²) in [5.41, 5.74) is 2.14. The van der Waals surface area contributed by atoms with E-state index in [4.69, 9.17) is 4.74 Å². The lowest BCUT2D eigenvalue weighted by atomic mass is 9.95. The quantitative estimate of drug-likeness (QED) is 0.674. The van der Waals surface area contributed by atoms with Crippen molar-refractivity contribution in [1.82, 2.24) is 9.21 Å². The van der Waals surface area contributed by atoms with Crippen LogP contribution in [0.4, 0.5) is 0 Å². The van der Waals surface area contributed by atoms with Crippen molar-refractivity contribution >= 4 is 11.4 Å². The number of likely N-dealkylation sites (tertiary alicyclic amines) is 1. The van der Waals surface area contributed by atoms with Crippen LogP contribution in [0.3, 0.4) is 0 Å². The maximum atomic E-state index is 13.1. The minimum atomic E-state index is -1.08. The zero-order valence-electron chi connectivity index (χ0n) is 17.5. The number of methoxy groups -OCH3 is 1. The molecule has 2 saturated heterocycles. The Bertz CT molecular complexity index is 782. The molecule has 0 spiro atoms. The van der Waals surface area contributed by atoms with Gasteiger partial charge in [-0.2, -0.15) is 0 Å². The molecular weight excluding hydrogens is 380 g/mol. The van der Waals surface area contributed by atoms with Crippen molar-refractivity contribution in [3.05, 3.63) is 48.5 Å². The van der Waals surface area contributed by atoms with Crippen LogP contribution >= 0.6 is 0 Å². The topological polar surface area (TPSA) is 38.8 Å². The molecule has 2 fully saturated rings. The van der Waals surface area contributed by atoms with Gasteiger partial charge in [0.25, 0.3) is 0 Å². The average molecular weight is 413 g/mol. The van der Waals surface area contributed by atoms with Crippen molar-refractivity contribution < 1.29 is 9.29 Å². The minimum Gasteiger partial charge on any atom is -0.593 e. The Morgan fingerprint density at radius 2 is 1.55 bits per heavy atom. The maximum Gasteiger partial charge on any atom is 0.174 e. The number of hydrogen-bond donors (Lipinski definition) is 0. The van der Waals surface area contributed by atoms with Crippen LogP contribution < -0.4 is 4.74 Å². The van der Waals surface area contributed by atoms with Gasteiger partial charge in [0.15, 0.2) is 4.90 Å². The van der Waals surface area contributed by atoms with Crippen molar-refractivity contribution in [3.8, 4) is 16.9 Å². The van der Waals surface area contributed by atoms with Crippen molar-refractivity contribution in [3.63, 3.8) is 0 Å². The lowest BCUT2D eigenvalue weighted by molar-refractivity contribution is 0.101. The monoisotopic (exact) mass is 412 g/mol. The van der Waals surface area contributed by atoms with Crippen molar-refractivity contribution in [2.75, 3.05) is 33.3 Å². The fourth-order valence-corrected chi connectivity index (χ4v) is 5.76. The molecule has 0 radical (unpaired) electrons. The SMILES string of the molecule is COc1ccccc1-c1ccc([S+]([O-])N2CCC(N3CCC(C)CC3)CC2)cc1. The Morgan fingerprint density at radius 1 is 0.897 bits per heavy atom. The summed E-state index contributed by atoms with van der Waals surface area (Å²) in [4.78, 5) is 3.55. The van der Waals surface area contributed by atoms with E-state index in [9.17, 15) is 4.55 Å². The van der Waals surface area contributed by atoms with Crippen LogP contribution in [-0.2, 0) is 11.4 Å². The minimum absolute atomic E-state index is 0.670. The highest BCUT2D eigenvalue weighted by Crippen LogP contribution is 2.31. The second-order valence-electron chi connectivity index (χ2n) is 8.35. The zero-order valence-corrected chi connectivity index (χ0v) is 18.4. The summed E-state index contributed by atoms with van der Waals surface area (Å²) in [5, 5.41) is 0. The zero-order chi connectivity index (χ0) is 20.2. The molecule has 2 aromatic carbocycles. The Morgan fingerprint density at radius 3 is 2.21 bits per heavy atom. The van der Waals surface area contributed by atoms with Gasteiger partial charge in [-0.25, -0.2) is 0 Å². The van der Waals surface area contributed by atoms with Crippen LogP contribution in [0.5, 0.6) is 5.75 Å². The first-order valence-electron chi connectivity index (χ1n) is 10.8. The highest BCUT2D eigenvalue weighted by molar-refractivity contribution is 7.89. The van der Waals surface area contributed by atoms with Crippen LogP contribution in [-0.4, -0.2) is 53.1 Å². The summed E-state index contributed by atoms with van der Waals surface area (Å²) in [6, 6.07) is 16.8. The Hall–Kier alpha value is -1.53. The molecule has 2 aliphatic heterocycles. The summed E-state index contributed by atoms with van der Waals surface area (Å²) in [6.07, 6.45) is 4.90. The number of hydrogen-bond acceptors (Lipinski definition) is 4. The highest BCUT2D eigenvalue weighted by atomic mass is 32.2. The average Bonchev–Trinajstić information content (AvgIpc) is 2.79. The predicted molar refractivity (Wildman–Crippen MR) is 119 cm³/mol. The Kier molecular flexibility index (Phi) is 6.81. The van der Waals surface area contributed by atoms with Gasteiger partial charge in [-0.1, -0.05) is 25.1 Å². The van der Waals surface area contributed by atoms with Gasteiger partial charge in [0.2, 0.25) is 0 Å². The molecule has 4 rings (SSSR count). The number of para-hydroxylation sites is 1. The van der Waals surface area contributed by atoms with Crippen LogP contribution in [0.2, 0.25) is 0 Å². The lowest BCUT2D eigenvalue weighted by Crippen LogP contribution is -2.48. The fourth-order valence-electron chi connectivity index (χ4n) is 4.55. The molecule has 1 unspecified atom stereocenters. The van der Waals surface area contributed by atoms with Crippen LogP contribution in [0.15, 0.2) is 53.4 Å². The molecule has 2 aromatic rings. The standard InChI is InChI=1S/C24H32N2O2S/c1-19-11-15-25(16-12-19)21-13-17-26(18-14-21)29(27)22-9-7-20(8-10-22)23-5-3-4-6-24(23)28-2/h3-10,19,21H,11-18H2,1-2H3. The van der Waals surface area contributed by atoms with E-state index in [1.165, 1.54) is 25.9 Å². The van der Waals surface area contributed by atoms with E-state index in [0.29, 0.717) is 6.04 Å². The summed E-state index contributed by atoms with van der Waals surface area (Å²) >= 11 is -1.08. The molecule has 0 saturated carbocycles. The number of piperidine rings is 2. The summed E-state index contributed by atoms with van der Waals surface area (Å²) in [5.74, 6) is 1.73. The molecular formula is C24H32N2O2S. The van der Waals surface area contributed by atoms with Crippen LogP contribution in [0.1, 0.15) is 32.6 Å². The van der Waals surface area contributed by atoms with E-state index in [0.717, 1.165) is 53.6 Å². The number of rotatable bonds is 5. The predicted octanol–water partition coefficient (Wildman–Crippen LogP) is 4.58. The van der Waals surface area contributed by atoms with Gasteiger partial charge < -0.3 is 14.2 Å². The van der Waals surface area contributed by atoms with Gasteiger partial charge in [-0.3, -0.25) is 0 Å². The first-order valence-corrected chi connectivity index (χ1v) is 11.9. The van der Waals surface area contributed by atoms with Gasteiger partial charge >= 0.3 is 0 Å². The van der Waals surface area contributed by atoms with E-state index in [1.807, 2.05) is 42.5 Å². The second kappa shape index (κ2) is 9.52. The first kappa shape index (κ1) is 20.7. The third-order valence-corrected chi connectivity index (χ3v) is 7.98. The normalized spacial score (nSPS) is 21.2. The van der Waals surface area contributed by atoms with Crippen LogP contribution in [0.25, 0.3) is 11.1 Å². The number of ether oxygens (including phenoxy) is 1. The molecule has 0 aliphatic carbocycles. The molecule has 4 nitrogen and oxygen atoms in total. The summed E-state index contributed by atoms with van der Waals surface area (Å²) in [7, 11) is 1.69. The molecule has 156 valence electrons. The fraction of sp³-hybridized carbons (Fsp3) is 0.500. The Labute approximate surface area is 178 Å². The molecule has 0 aromatic heterocycles. The third-order valence-electron chi connectivity index (χ3n) is 6.47. The Balaban J connectivity index is 1.36. The molecule has 0 amide bonds. The van der Waals surface area contributed by atoms with Crippen LogP contribution in [0, 0.1) is 5.92 Å². The summed E-state index contributed by atoms with van der Waals surface area (Å²) in [6.45, 7) is 6.66. The molecule has 1 atom stereocenters. The van der Waals surface area contributed by atoms with E-state index >= 15 is 0 Å². The van der Waals surface area contributed by atoms with Gasteiger partial charge in [-0.15, -0.1) is 4.31 Å². The van der Waals surface area contributed by atoms with Gasteiger partial charge in [0.1, 0.15) is 5.75 Å². The van der Waals surface area contributed by atoms with E-state index in [-0.39, 0.29) is 0 Å². The molecule has 2 aliphatic rings. The van der Waals surface area contributed by atoms with E-state index in [1.54, 1.807) is 7.11 Å². The van der Waals surface area contributed by atoms with E-state index < -0.39 is 11.4 Å². The largest absolute Gasteiger partial charge is 0.593 e. The summed E-state index contributed by atoms with van der Waals surface area (Å²) < 4.78 is 20.7. The van der Waals surface area contributed by atoms with Gasteiger partial charge in [0, 0.05) is 24.7 Å². The molecule has 2 heterocycles. The lowest BCUT2D eigenvalue weighted by Gasteiger charge is -2.40. The maximum absolute atomic E-state index is 13.1. The molecule has 29 heavy (non-hydrogen) atoms. The molecule has 0 N–H and O–H groups in total. The third kappa shape index (κ3) is 4.80.